The van der Waals surface area contributed by atoms with E-state index in [1.54, 1.807) is 28.9 Å². The molecule has 0 radical (unpaired) electrons. The Hall–Kier alpha value is -2.54. The Balaban J connectivity index is 1.58. The number of hydrogen-bond donors (Lipinski definition) is 1. The van der Waals surface area contributed by atoms with Crippen LogP contribution < -0.4 is 4.74 Å². The minimum Gasteiger partial charge on any atom is -0.508 e. The van der Waals surface area contributed by atoms with Crippen LogP contribution in [0.25, 0.3) is 5.69 Å². The fourth-order valence-electron chi connectivity index (χ4n) is 2.03. The summed E-state index contributed by atoms with van der Waals surface area (Å²) in [6, 6.07) is 14.7. The lowest BCUT2D eigenvalue weighted by Crippen LogP contribution is -2.04. The number of phenols is 1. The number of nitrogens with zero attached hydrogens (tertiary/aromatic N) is 4. The summed E-state index contributed by atoms with van der Waals surface area (Å²) in [4.78, 5) is 0. The first-order chi connectivity index (χ1) is 11.2. The third kappa shape index (κ3) is 3.81. The summed E-state index contributed by atoms with van der Waals surface area (Å²) in [6.45, 7) is 2.59. The van der Waals surface area contributed by atoms with Crippen LogP contribution in [0.3, 0.4) is 0 Å². The number of aryl methyl sites for hydroxylation is 1. The third-order valence-electron chi connectivity index (χ3n) is 3.20. The summed E-state index contributed by atoms with van der Waals surface area (Å²) in [5.74, 6) is 1.83. The van der Waals surface area contributed by atoms with Crippen LogP contribution in [-0.2, 0) is 0 Å². The Morgan fingerprint density at radius 1 is 1.13 bits per heavy atom. The van der Waals surface area contributed by atoms with Gasteiger partial charge in [0.05, 0.1) is 12.3 Å². The highest BCUT2D eigenvalue weighted by molar-refractivity contribution is 7.99. The van der Waals surface area contributed by atoms with E-state index in [1.165, 1.54) is 11.8 Å². The van der Waals surface area contributed by atoms with E-state index in [-0.39, 0.29) is 5.75 Å². The maximum atomic E-state index is 9.34. The maximum absolute atomic E-state index is 9.34. The molecule has 3 aromatic rings. The summed E-state index contributed by atoms with van der Waals surface area (Å²) >= 11 is 1.52. The van der Waals surface area contributed by atoms with E-state index in [0.717, 1.165) is 22.8 Å². The topological polar surface area (TPSA) is 73.1 Å². The molecule has 6 nitrogen and oxygen atoms in total. The van der Waals surface area contributed by atoms with Gasteiger partial charge in [0, 0.05) is 5.75 Å². The highest BCUT2D eigenvalue weighted by Crippen LogP contribution is 2.21. The molecule has 2 aromatic carbocycles. The molecule has 0 saturated carbocycles. The molecule has 0 aliphatic rings. The molecule has 3 rings (SSSR count). The van der Waals surface area contributed by atoms with E-state index >= 15 is 0 Å². The quantitative estimate of drug-likeness (QED) is 0.554. The number of para-hydroxylation sites is 1. The molecule has 0 unspecified atom stereocenters. The van der Waals surface area contributed by atoms with Crippen molar-refractivity contribution in [1.29, 1.82) is 0 Å². The molecule has 7 heteroatoms. The lowest BCUT2D eigenvalue weighted by Gasteiger charge is -2.08. The number of rotatable bonds is 6. The molecule has 0 fully saturated rings. The Bertz CT molecular complexity index is 774. The second kappa shape index (κ2) is 7.15. The normalized spacial score (nSPS) is 10.7. The van der Waals surface area contributed by atoms with Crippen molar-refractivity contribution in [2.24, 2.45) is 0 Å². The smallest absolute Gasteiger partial charge is 0.214 e. The molecule has 0 aliphatic heterocycles. The highest BCUT2D eigenvalue weighted by Gasteiger charge is 2.09. The summed E-state index contributed by atoms with van der Waals surface area (Å²) in [6.07, 6.45) is 0. The number of hydrogen-bond acceptors (Lipinski definition) is 6. The van der Waals surface area contributed by atoms with Crippen LogP contribution in [0, 0.1) is 6.92 Å². The van der Waals surface area contributed by atoms with Crippen LogP contribution in [0.5, 0.6) is 11.5 Å². The van der Waals surface area contributed by atoms with Crippen molar-refractivity contribution in [2.75, 3.05) is 12.4 Å². The van der Waals surface area contributed by atoms with Crippen molar-refractivity contribution in [3.8, 4) is 17.2 Å². The SMILES string of the molecule is Cc1ccccc1OCCSc1nnnn1-c1ccc(O)cc1. The van der Waals surface area contributed by atoms with Gasteiger partial charge in [-0.1, -0.05) is 30.0 Å². The molecule has 23 heavy (non-hydrogen) atoms. The molecule has 118 valence electrons. The fourth-order valence-corrected chi connectivity index (χ4v) is 2.74. The number of aromatic hydroxyl groups is 1. The van der Waals surface area contributed by atoms with E-state index in [0.29, 0.717) is 11.8 Å². The van der Waals surface area contributed by atoms with Gasteiger partial charge < -0.3 is 9.84 Å². The zero-order valence-electron chi connectivity index (χ0n) is 12.6. The largest absolute Gasteiger partial charge is 0.508 e. The van der Waals surface area contributed by atoms with Gasteiger partial charge in [0.1, 0.15) is 11.5 Å². The van der Waals surface area contributed by atoms with Crippen molar-refractivity contribution in [3.63, 3.8) is 0 Å². The maximum Gasteiger partial charge on any atom is 0.214 e. The average Bonchev–Trinajstić information content (AvgIpc) is 3.02. The van der Waals surface area contributed by atoms with Crippen molar-refractivity contribution >= 4 is 11.8 Å². The van der Waals surface area contributed by atoms with Crippen molar-refractivity contribution in [1.82, 2.24) is 20.2 Å². The third-order valence-corrected chi connectivity index (χ3v) is 4.08. The lowest BCUT2D eigenvalue weighted by molar-refractivity contribution is 0.341. The zero-order valence-corrected chi connectivity index (χ0v) is 13.4. The van der Waals surface area contributed by atoms with Gasteiger partial charge in [0.25, 0.3) is 0 Å². The predicted octanol–water partition coefficient (Wildman–Crippen LogP) is 2.85. The molecule has 1 aromatic heterocycles. The Morgan fingerprint density at radius 2 is 1.91 bits per heavy atom. The second-order valence-corrected chi connectivity index (χ2v) is 5.91. The van der Waals surface area contributed by atoms with Crippen molar-refractivity contribution in [3.05, 3.63) is 54.1 Å². The molecular formula is C16H16N4O2S. The van der Waals surface area contributed by atoms with E-state index in [2.05, 4.69) is 15.5 Å². The van der Waals surface area contributed by atoms with Crippen molar-refractivity contribution < 1.29 is 9.84 Å². The van der Waals surface area contributed by atoms with E-state index in [9.17, 15) is 5.11 Å². The van der Waals surface area contributed by atoms with Gasteiger partial charge in [-0.05, 0) is 53.2 Å². The minimum atomic E-state index is 0.211. The number of aromatic nitrogens is 4. The Labute approximate surface area is 138 Å². The molecule has 0 bridgehead atoms. The number of tetrazole rings is 1. The molecule has 0 atom stereocenters. The zero-order chi connectivity index (χ0) is 16.1. The van der Waals surface area contributed by atoms with Crippen LogP contribution in [0.4, 0.5) is 0 Å². The van der Waals surface area contributed by atoms with Gasteiger partial charge in [-0.3, -0.25) is 0 Å². The minimum absolute atomic E-state index is 0.211. The van der Waals surface area contributed by atoms with Crippen LogP contribution in [0.1, 0.15) is 5.56 Å². The van der Waals surface area contributed by atoms with Crippen LogP contribution in [-0.4, -0.2) is 37.7 Å². The Morgan fingerprint density at radius 3 is 2.70 bits per heavy atom. The molecule has 0 saturated heterocycles. The summed E-state index contributed by atoms with van der Waals surface area (Å²) < 4.78 is 7.40. The predicted molar refractivity (Wildman–Crippen MR) is 88.2 cm³/mol. The number of ether oxygens (including phenoxy) is 1. The summed E-state index contributed by atoms with van der Waals surface area (Å²) in [7, 11) is 0. The number of phenolic OH excluding ortho intramolecular Hbond substituents is 1. The first kappa shape index (κ1) is 15.4. The second-order valence-electron chi connectivity index (χ2n) is 4.85. The lowest BCUT2D eigenvalue weighted by atomic mass is 10.2. The van der Waals surface area contributed by atoms with Crippen LogP contribution in [0.2, 0.25) is 0 Å². The van der Waals surface area contributed by atoms with Crippen molar-refractivity contribution in [2.45, 2.75) is 12.1 Å². The van der Waals surface area contributed by atoms with Gasteiger partial charge in [0.15, 0.2) is 0 Å². The van der Waals surface area contributed by atoms with E-state index in [1.807, 2.05) is 31.2 Å². The molecule has 0 amide bonds. The summed E-state index contributed by atoms with van der Waals surface area (Å²) in [5, 5.41) is 21.7. The molecule has 1 N–H and O–H groups in total. The summed E-state index contributed by atoms with van der Waals surface area (Å²) in [5.41, 5.74) is 1.92. The molecule has 0 spiro atoms. The highest BCUT2D eigenvalue weighted by atomic mass is 32.2. The Kier molecular flexibility index (Phi) is 4.77. The average molecular weight is 328 g/mol. The van der Waals surface area contributed by atoms with Gasteiger partial charge in [-0.25, -0.2) is 0 Å². The van der Waals surface area contributed by atoms with Gasteiger partial charge >= 0.3 is 0 Å². The van der Waals surface area contributed by atoms with Gasteiger partial charge in [-0.2, -0.15) is 4.68 Å². The standard InChI is InChI=1S/C16H16N4O2S/c1-12-4-2-3-5-15(12)22-10-11-23-16-17-18-19-20(16)13-6-8-14(21)9-7-13/h2-9,21H,10-11H2,1H3. The van der Waals surface area contributed by atoms with E-state index in [4.69, 9.17) is 4.74 Å². The molecule has 0 aliphatic carbocycles. The van der Waals surface area contributed by atoms with E-state index < -0.39 is 0 Å². The molecular weight excluding hydrogens is 312 g/mol. The first-order valence-corrected chi connectivity index (χ1v) is 8.11. The van der Waals surface area contributed by atoms with Crippen LogP contribution >= 0.6 is 11.8 Å². The van der Waals surface area contributed by atoms with Gasteiger partial charge in [0.2, 0.25) is 5.16 Å². The fraction of sp³-hybridized carbons (Fsp3) is 0.188. The van der Waals surface area contributed by atoms with Crippen LogP contribution in [0.15, 0.2) is 53.7 Å². The molecule has 1 heterocycles. The monoisotopic (exact) mass is 328 g/mol. The number of thioether (sulfide) groups is 1. The number of benzene rings is 2. The van der Waals surface area contributed by atoms with Gasteiger partial charge in [-0.15, -0.1) is 5.10 Å². The first-order valence-electron chi connectivity index (χ1n) is 7.13.